The van der Waals surface area contributed by atoms with Crippen molar-refractivity contribution in [1.82, 2.24) is 0 Å². The van der Waals surface area contributed by atoms with E-state index in [1.807, 2.05) is 6.08 Å². The molecule has 0 amide bonds. The van der Waals surface area contributed by atoms with Gasteiger partial charge in [-0.1, -0.05) is 37.6 Å². The second-order valence-electron chi connectivity index (χ2n) is 4.78. The second kappa shape index (κ2) is 4.59. The van der Waals surface area contributed by atoms with Gasteiger partial charge in [-0.3, -0.25) is 0 Å². The molecule has 1 heteroatoms. The van der Waals surface area contributed by atoms with Gasteiger partial charge < -0.3 is 4.79 Å². The number of allylic oxidation sites excluding steroid dienone is 4. The molecule has 1 atom stereocenters. The van der Waals surface area contributed by atoms with E-state index in [0.29, 0.717) is 17.8 Å². The minimum Gasteiger partial charge on any atom is -0.303 e. The number of aldehydes is 1. The maximum atomic E-state index is 10.2. The van der Waals surface area contributed by atoms with Crippen LogP contribution in [-0.4, -0.2) is 6.29 Å². The molecule has 0 radical (unpaired) electrons. The summed E-state index contributed by atoms with van der Waals surface area (Å²) in [4.78, 5) is 10.2. The molecule has 0 heterocycles. The number of hydrogen-bond donors (Lipinski definition) is 0. The van der Waals surface area contributed by atoms with Crippen LogP contribution in [0.25, 0.3) is 0 Å². The lowest BCUT2D eigenvalue weighted by Gasteiger charge is -2.36. The topological polar surface area (TPSA) is 17.1 Å². The third-order valence-corrected chi connectivity index (χ3v) is 3.15. The number of hydrogen-bond acceptors (Lipinski definition) is 1. The van der Waals surface area contributed by atoms with Gasteiger partial charge in [0.2, 0.25) is 0 Å². The molecule has 78 valence electrons. The fourth-order valence-electron chi connectivity index (χ4n) is 2.25. The molecule has 0 aromatic heterocycles. The Hall–Kier alpha value is -0.850. The molecular formula is C13H20O. The minimum absolute atomic E-state index is 0.345. The fourth-order valence-corrected chi connectivity index (χ4v) is 2.25. The zero-order chi connectivity index (χ0) is 10.6. The lowest BCUT2D eigenvalue weighted by Crippen LogP contribution is -2.26. The molecule has 0 fully saturated rings. The second-order valence-corrected chi connectivity index (χ2v) is 4.78. The molecule has 1 aliphatic rings. The number of carbonyl (C=O) groups is 1. The molecule has 0 saturated carbocycles. The van der Waals surface area contributed by atoms with Crippen LogP contribution in [0.1, 0.15) is 40.0 Å². The van der Waals surface area contributed by atoms with Gasteiger partial charge >= 0.3 is 0 Å². The Morgan fingerprint density at radius 2 is 2.29 bits per heavy atom. The molecule has 0 spiro atoms. The molecule has 1 rings (SSSR count). The molecule has 1 aliphatic carbocycles. The van der Waals surface area contributed by atoms with Gasteiger partial charge in [-0.25, -0.2) is 0 Å². The van der Waals surface area contributed by atoms with Crippen molar-refractivity contribution in [2.75, 3.05) is 0 Å². The highest BCUT2D eigenvalue weighted by Crippen LogP contribution is 2.41. The van der Waals surface area contributed by atoms with Gasteiger partial charge in [0.1, 0.15) is 6.29 Å². The van der Waals surface area contributed by atoms with Crippen LogP contribution in [-0.2, 0) is 4.79 Å². The largest absolute Gasteiger partial charge is 0.303 e. The molecular weight excluding hydrogens is 172 g/mol. The molecule has 0 aromatic carbocycles. The summed E-state index contributed by atoms with van der Waals surface area (Å²) in [6.07, 6.45) is 10.4. The highest BCUT2D eigenvalue weighted by Gasteiger charge is 2.30. The van der Waals surface area contributed by atoms with Crippen LogP contribution in [0.4, 0.5) is 0 Å². The van der Waals surface area contributed by atoms with E-state index in [-0.39, 0.29) is 0 Å². The van der Waals surface area contributed by atoms with Crippen LogP contribution in [0.5, 0.6) is 0 Å². The Balaban J connectivity index is 2.75. The van der Waals surface area contributed by atoms with Crippen molar-refractivity contribution >= 4 is 6.29 Å². The molecule has 0 aromatic rings. The van der Waals surface area contributed by atoms with Gasteiger partial charge in [0.15, 0.2) is 0 Å². The zero-order valence-corrected chi connectivity index (χ0v) is 9.42. The lowest BCUT2D eigenvalue weighted by atomic mass is 9.68. The van der Waals surface area contributed by atoms with Gasteiger partial charge in [0.05, 0.1) is 0 Å². The summed E-state index contributed by atoms with van der Waals surface area (Å²) >= 11 is 0. The quantitative estimate of drug-likeness (QED) is 0.494. The molecule has 0 bridgehead atoms. The average molecular weight is 192 g/mol. The molecule has 0 aliphatic heterocycles. The van der Waals surface area contributed by atoms with Crippen molar-refractivity contribution in [1.29, 1.82) is 0 Å². The first-order valence-corrected chi connectivity index (χ1v) is 5.35. The number of rotatable bonds is 3. The first-order chi connectivity index (χ1) is 6.58. The van der Waals surface area contributed by atoms with Gasteiger partial charge in [-0.05, 0) is 25.2 Å². The van der Waals surface area contributed by atoms with E-state index in [9.17, 15) is 4.79 Å². The first-order valence-electron chi connectivity index (χ1n) is 5.35. The summed E-state index contributed by atoms with van der Waals surface area (Å²) in [5, 5.41) is 0. The SMILES string of the molecule is CC1=CCCC(C)(C)C1/C=C/CC=O. The van der Waals surface area contributed by atoms with Gasteiger partial charge in [0.25, 0.3) is 0 Å². The third kappa shape index (κ3) is 2.57. The molecule has 0 N–H and O–H groups in total. The number of carbonyl (C=O) groups excluding carboxylic acids is 1. The maximum absolute atomic E-state index is 10.2. The third-order valence-electron chi connectivity index (χ3n) is 3.15. The van der Waals surface area contributed by atoms with Crippen LogP contribution in [0.2, 0.25) is 0 Å². The highest BCUT2D eigenvalue weighted by molar-refractivity contribution is 5.51. The van der Waals surface area contributed by atoms with Crippen LogP contribution >= 0.6 is 0 Å². The van der Waals surface area contributed by atoms with Gasteiger partial charge in [-0.15, -0.1) is 0 Å². The highest BCUT2D eigenvalue weighted by atomic mass is 16.1. The predicted octanol–water partition coefficient (Wildman–Crippen LogP) is 3.51. The molecule has 14 heavy (non-hydrogen) atoms. The summed E-state index contributed by atoms with van der Waals surface area (Å²) in [6.45, 7) is 6.80. The van der Waals surface area contributed by atoms with Crippen molar-refractivity contribution in [3.05, 3.63) is 23.8 Å². The Morgan fingerprint density at radius 3 is 2.86 bits per heavy atom. The van der Waals surface area contributed by atoms with Gasteiger partial charge in [-0.2, -0.15) is 0 Å². The van der Waals surface area contributed by atoms with E-state index >= 15 is 0 Å². The van der Waals surface area contributed by atoms with Crippen molar-refractivity contribution in [2.45, 2.75) is 40.0 Å². The summed E-state index contributed by atoms with van der Waals surface area (Å²) < 4.78 is 0. The first kappa shape index (κ1) is 11.2. The van der Waals surface area contributed by atoms with Crippen molar-refractivity contribution in [2.24, 2.45) is 11.3 Å². The minimum atomic E-state index is 0.345. The van der Waals surface area contributed by atoms with E-state index < -0.39 is 0 Å². The van der Waals surface area contributed by atoms with Crippen LogP contribution < -0.4 is 0 Å². The summed E-state index contributed by atoms with van der Waals surface area (Å²) in [5.74, 6) is 0.510. The zero-order valence-electron chi connectivity index (χ0n) is 9.42. The molecule has 1 unspecified atom stereocenters. The van der Waals surface area contributed by atoms with Crippen LogP contribution in [0, 0.1) is 11.3 Å². The Kier molecular flexibility index (Phi) is 3.68. The Morgan fingerprint density at radius 1 is 1.57 bits per heavy atom. The lowest BCUT2D eigenvalue weighted by molar-refractivity contribution is -0.107. The Labute approximate surface area is 86.9 Å². The maximum Gasteiger partial charge on any atom is 0.123 e. The van der Waals surface area contributed by atoms with E-state index in [1.54, 1.807) is 0 Å². The monoisotopic (exact) mass is 192 g/mol. The summed E-state index contributed by atoms with van der Waals surface area (Å²) in [5.41, 5.74) is 1.79. The van der Waals surface area contributed by atoms with Crippen molar-refractivity contribution in [3.8, 4) is 0 Å². The predicted molar refractivity (Wildman–Crippen MR) is 60.1 cm³/mol. The summed E-state index contributed by atoms with van der Waals surface area (Å²) in [6, 6.07) is 0. The van der Waals surface area contributed by atoms with E-state index in [0.717, 1.165) is 6.29 Å². The standard InChI is InChI=1S/C13H20O/c1-11-7-6-9-13(2,3)12(11)8-4-5-10-14/h4,7-8,10,12H,5-6,9H2,1-3H3/b8-4+. The smallest absolute Gasteiger partial charge is 0.123 e. The van der Waals surface area contributed by atoms with Crippen LogP contribution in [0.15, 0.2) is 23.8 Å². The van der Waals surface area contributed by atoms with Crippen LogP contribution in [0.3, 0.4) is 0 Å². The van der Waals surface area contributed by atoms with Crippen molar-refractivity contribution < 1.29 is 4.79 Å². The van der Waals surface area contributed by atoms with Crippen molar-refractivity contribution in [3.63, 3.8) is 0 Å². The fraction of sp³-hybridized carbons (Fsp3) is 0.615. The van der Waals surface area contributed by atoms with E-state index in [1.165, 1.54) is 18.4 Å². The summed E-state index contributed by atoms with van der Waals surface area (Å²) in [7, 11) is 0. The normalized spacial score (nSPS) is 26.2. The van der Waals surface area contributed by atoms with E-state index in [2.05, 4.69) is 32.9 Å². The molecule has 1 nitrogen and oxygen atoms in total. The van der Waals surface area contributed by atoms with E-state index in [4.69, 9.17) is 0 Å². The Bertz CT molecular complexity index is 258. The molecule has 0 saturated heterocycles. The average Bonchev–Trinajstić information content (AvgIpc) is 2.09. The van der Waals surface area contributed by atoms with Gasteiger partial charge in [0, 0.05) is 12.3 Å².